The van der Waals surface area contributed by atoms with Crippen LogP contribution in [0.15, 0.2) is 0 Å². The highest BCUT2D eigenvalue weighted by Gasteiger charge is 2.64. The molecule has 0 atom stereocenters. The first-order valence-electron chi connectivity index (χ1n) is 3.43. The Hall–Kier alpha value is -1.60. The van der Waals surface area contributed by atoms with Crippen LogP contribution < -0.4 is 10.6 Å². The third-order valence-corrected chi connectivity index (χ3v) is 1.93. The first kappa shape index (κ1) is 10.5. The van der Waals surface area contributed by atoms with Gasteiger partial charge in [-0.25, -0.2) is 4.79 Å². The summed E-state index contributed by atoms with van der Waals surface area (Å²) in [5, 5.41) is 2.75. The Labute approximate surface area is 75.6 Å². The lowest BCUT2D eigenvalue weighted by molar-refractivity contribution is -0.215. The number of hydrogen-bond donors (Lipinski definition) is 2. The predicted molar refractivity (Wildman–Crippen MR) is 35.8 cm³/mol. The molecule has 5 nitrogen and oxygen atoms in total. The molecule has 0 spiro atoms. The summed E-state index contributed by atoms with van der Waals surface area (Å²) in [7, 11) is 0. The number of alkyl halides is 3. The van der Waals surface area contributed by atoms with E-state index in [1.807, 2.05) is 0 Å². The van der Waals surface area contributed by atoms with Gasteiger partial charge in [0.2, 0.25) is 5.41 Å². The number of barbiturate groups is 1. The van der Waals surface area contributed by atoms with E-state index in [1.165, 1.54) is 10.6 Å². The first-order chi connectivity index (χ1) is 6.19. The zero-order chi connectivity index (χ0) is 11.1. The molecule has 0 aromatic rings. The molecule has 0 aliphatic carbocycles. The summed E-state index contributed by atoms with van der Waals surface area (Å²) in [5.41, 5.74) is -3.21. The summed E-state index contributed by atoms with van der Waals surface area (Å²) in [6, 6.07) is -1.25. The van der Waals surface area contributed by atoms with Gasteiger partial charge in [0.1, 0.15) is 0 Å². The van der Waals surface area contributed by atoms with E-state index < -0.39 is 29.4 Å². The largest absolute Gasteiger partial charge is 0.411 e. The molecule has 1 heterocycles. The van der Waals surface area contributed by atoms with Gasteiger partial charge < -0.3 is 0 Å². The summed E-state index contributed by atoms with van der Waals surface area (Å²) in [6.07, 6.45) is -5.04. The highest BCUT2D eigenvalue weighted by molar-refractivity contribution is 6.19. The number of carbonyl (C=O) groups is 3. The minimum Gasteiger partial charge on any atom is -0.277 e. The highest BCUT2D eigenvalue weighted by Crippen LogP contribution is 2.39. The van der Waals surface area contributed by atoms with E-state index >= 15 is 0 Å². The van der Waals surface area contributed by atoms with E-state index in [0.717, 1.165) is 0 Å². The van der Waals surface area contributed by atoms with Crippen LogP contribution in [0.25, 0.3) is 0 Å². The lowest BCUT2D eigenvalue weighted by Gasteiger charge is -2.31. The number of halogens is 3. The molecule has 4 amide bonds. The number of amides is 4. The van der Waals surface area contributed by atoms with Crippen molar-refractivity contribution in [2.24, 2.45) is 5.41 Å². The van der Waals surface area contributed by atoms with Crippen molar-refractivity contribution in [2.75, 3.05) is 0 Å². The van der Waals surface area contributed by atoms with Crippen LogP contribution in [0.2, 0.25) is 0 Å². The average Bonchev–Trinajstić information content (AvgIpc) is 1.97. The first-order valence-corrected chi connectivity index (χ1v) is 3.43. The molecule has 8 heteroatoms. The highest BCUT2D eigenvalue weighted by atomic mass is 19.4. The van der Waals surface area contributed by atoms with Crippen LogP contribution >= 0.6 is 0 Å². The summed E-state index contributed by atoms with van der Waals surface area (Å²) < 4.78 is 37.0. The van der Waals surface area contributed by atoms with Crippen molar-refractivity contribution in [1.29, 1.82) is 0 Å². The zero-order valence-corrected chi connectivity index (χ0v) is 6.86. The maximum absolute atomic E-state index is 12.3. The molecule has 0 aromatic heterocycles. The standard InChI is InChI=1S/C6H5F3N2O3/c1-5(6(7,8)9)2(12)10-4(14)11-3(5)13/h1H3,(H2,10,11,12,13,14). The molecule has 1 fully saturated rings. The fraction of sp³-hybridized carbons (Fsp3) is 0.500. The Kier molecular flexibility index (Phi) is 2.02. The van der Waals surface area contributed by atoms with Crippen LogP contribution in [0, 0.1) is 5.41 Å². The second kappa shape index (κ2) is 2.69. The van der Waals surface area contributed by atoms with Gasteiger partial charge in [0, 0.05) is 0 Å². The molecule has 0 unspecified atom stereocenters. The number of carbonyl (C=O) groups excluding carboxylic acids is 3. The molecule has 0 aromatic carbocycles. The van der Waals surface area contributed by atoms with Gasteiger partial charge in [0.25, 0.3) is 11.8 Å². The summed E-state index contributed by atoms with van der Waals surface area (Å²) >= 11 is 0. The molecule has 0 saturated carbocycles. The van der Waals surface area contributed by atoms with E-state index in [1.54, 1.807) is 0 Å². The number of rotatable bonds is 0. The lowest BCUT2D eigenvalue weighted by Crippen LogP contribution is -2.66. The SMILES string of the molecule is CC1(C(F)(F)F)C(=O)NC(=O)NC1=O. The van der Waals surface area contributed by atoms with Crippen LogP contribution in [-0.2, 0) is 9.59 Å². The number of nitrogens with one attached hydrogen (secondary N) is 2. The molecular formula is C6H5F3N2O3. The van der Waals surface area contributed by atoms with Crippen LogP contribution in [0.3, 0.4) is 0 Å². The Balaban J connectivity index is 3.15. The van der Waals surface area contributed by atoms with Crippen molar-refractivity contribution in [3.63, 3.8) is 0 Å². The van der Waals surface area contributed by atoms with Crippen molar-refractivity contribution in [3.8, 4) is 0 Å². The van der Waals surface area contributed by atoms with E-state index in [-0.39, 0.29) is 0 Å². The molecule has 0 radical (unpaired) electrons. The molecular weight excluding hydrogens is 205 g/mol. The number of imide groups is 2. The van der Waals surface area contributed by atoms with Gasteiger partial charge in [-0.1, -0.05) is 0 Å². The van der Waals surface area contributed by atoms with Gasteiger partial charge in [0.05, 0.1) is 0 Å². The second-order valence-electron chi connectivity index (χ2n) is 2.86. The topological polar surface area (TPSA) is 75.3 Å². The fourth-order valence-corrected chi connectivity index (χ4v) is 0.848. The maximum atomic E-state index is 12.3. The molecule has 14 heavy (non-hydrogen) atoms. The van der Waals surface area contributed by atoms with Crippen LogP contribution in [-0.4, -0.2) is 24.0 Å². The second-order valence-corrected chi connectivity index (χ2v) is 2.86. The van der Waals surface area contributed by atoms with Crippen molar-refractivity contribution in [3.05, 3.63) is 0 Å². The normalized spacial score (nSPS) is 21.6. The van der Waals surface area contributed by atoms with E-state index in [2.05, 4.69) is 0 Å². The van der Waals surface area contributed by atoms with Gasteiger partial charge in [-0.05, 0) is 6.92 Å². The van der Waals surface area contributed by atoms with Crippen molar-refractivity contribution >= 4 is 17.8 Å². The van der Waals surface area contributed by atoms with E-state index in [0.29, 0.717) is 6.92 Å². The average molecular weight is 210 g/mol. The zero-order valence-electron chi connectivity index (χ0n) is 6.86. The van der Waals surface area contributed by atoms with Crippen molar-refractivity contribution in [2.45, 2.75) is 13.1 Å². The fourth-order valence-electron chi connectivity index (χ4n) is 0.848. The minimum atomic E-state index is -5.04. The van der Waals surface area contributed by atoms with Crippen LogP contribution in [0.5, 0.6) is 0 Å². The summed E-state index contributed by atoms with van der Waals surface area (Å²) in [5.74, 6) is -3.34. The number of hydrogen-bond acceptors (Lipinski definition) is 3. The quantitative estimate of drug-likeness (QED) is 0.549. The Morgan fingerprint density at radius 3 is 1.71 bits per heavy atom. The third-order valence-electron chi connectivity index (χ3n) is 1.93. The van der Waals surface area contributed by atoms with Gasteiger partial charge in [-0.3, -0.25) is 20.2 Å². The van der Waals surface area contributed by atoms with Crippen LogP contribution in [0.1, 0.15) is 6.92 Å². The monoisotopic (exact) mass is 210 g/mol. The molecule has 1 aliphatic heterocycles. The Morgan fingerprint density at radius 2 is 1.43 bits per heavy atom. The summed E-state index contributed by atoms with van der Waals surface area (Å²) in [6.45, 7) is 0.407. The Morgan fingerprint density at radius 1 is 1.07 bits per heavy atom. The van der Waals surface area contributed by atoms with Gasteiger partial charge in [-0.2, -0.15) is 13.2 Å². The van der Waals surface area contributed by atoms with E-state index in [9.17, 15) is 27.6 Å². The lowest BCUT2D eigenvalue weighted by atomic mass is 9.86. The molecule has 2 N–H and O–H groups in total. The minimum absolute atomic E-state index is 0.407. The van der Waals surface area contributed by atoms with Gasteiger partial charge in [-0.15, -0.1) is 0 Å². The molecule has 1 saturated heterocycles. The summed E-state index contributed by atoms with van der Waals surface area (Å²) in [4.78, 5) is 32.2. The van der Waals surface area contributed by atoms with E-state index in [4.69, 9.17) is 0 Å². The third kappa shape index (κ3) is 1.22. The Bertz CT molecular complexity index is 303. The molecule has 1 rings (SSSR count). The van der Waals surface area contributed by atoms with Crippen LogP contribution in [0.4, 0.5) is 18.0 Å². The van der Waals surface area contributed by atoms with Crippen molar-refractivity contribution in [1.82, 2.24) is 10.6 Å². The molecule has 78 valence electrons. The number of urea groups is 1. The maximum Gasteiger partial charge on any atom is 0.411 e. The molecule has 0 bridgehead atoms. The smallest absolute Gasteiger partial charge is 0.277 e. The predicted octanol–water partition coefficient (Wildman–Crippen LogP) is -0.0790. The van der Waals surface area contributed by atoms with Crippen molar-refractivity contribution < 1.29 is 27.6 Å². The molecule has 1 aliphatic rings. The van der Waals surface area contributed by atoms with Gasteiger partial charge >= 0.3 is 12.2 Å². The van der Waals surface area contributed by atoms with Gasteiger partial charge in [0.15, 0.2) is 0 Å².